The molecule has 1 aromatic rings. The van der Waals surface area contributed by atoms with Gasteiger partial charge >= 0.3 is 5.97 Å². The molecule has 0 saturated heterocycles. The zero-order chi connectivity index (χ0) is 12.9. The van der Waals surface area contributed by atoms with Crippen molar-refractivity contribution in [2.24, 2.45) is 5.73 Å². The fraction of sp³-hybridized carbons (Fsp3) is 0.500. The van der Waals surface area contributed by atoms with Crippen molar-refractivity contribution < 1.29 is 9.53 Å². The maximum absolute atomic E-state index is 12.1. The summed E-state index contributed by atoms with van der Waals surface area (Å²) in [5.41, 5.74) is 7.08. The molecule has 3 nitrogen and oxygen atoms in total. The average Bonchev–Trinajstić information content (AvgIpc) is 2.30. The van der Waals surface area contributed by atoms with Gasteiger partial charge in [-0.25, -0.2) is 0 Å². The molecule has 0 heterocycles. The molecule has 0 aromatic heterocycles. The first-order valence-corrected chi connectivity index (χ1v) is 5.99. The van der Waals surface area contributed by atoms with Gasteiger partial charge in [0.15, 0.2) is 0 Å². The van der Waals surface area contributed by atoms with E-state index in [1.54, 1.807) is 0 Å². The van der Waals surface area contributed by atoms with Crippen molar-refractivity contribution in [2.75, 3.05) is 13.2 Å². The fourth-order valence-corrected chi connectivity index (χ4v) is 2.12. The van der Waals surface area contributed by atoms with E-state index in [4.69, 9.17) is 10.5 Å². The van der Waals surface area contributed by atoms with Crippen molar-refractivity contribution in [3.8, 4) is 0 Å². The van der Waals surface area contributed by atoms with E-state index in [-0.39, 0.29) is 5.97 Å². The molecule has 0 aliphatic carbocycles. The lowest BCUT2D eigenvalue weighted by molar-refractivity contribution is -0.149. The Morgan fingerprint density at radius 2 is 2.06 bits per heavy atom. The molecule has 0 fully saturated rings. The Morgan fingerprint density at radius 1 is 1.41 bits per heavy atom. The molecule has 0 saturated carbocycles. The Morgan fingerprint density at radius 3 is 2.59 bits per heavy atom. The van der Waals surface area contributed by atoms with E-state index in [0.29, 0.717) is 19.6 Å². The van der Waals surface area contributed by atoms with Crippen LogP contribution >= 0.6 is 0 Å². The maximum atomic E-state index is 12.1. The van der Waals surface area contributed by atoms with E-state index >= 15 is 0 Å². The zero-order valence-electron chi connectivity index (χ0n) is 10.8. The summed E-state index contributed by atoms with van der Waals surface area (Å²) in [7, 11) is 0. The molecular formula is C14H21NO2. The van der Waals surface area contributed by atoms with Crippen molar-refractivity contribution in [1.82, 2.24) is 0 Å². The van der Waals surface area contributed by atoms with Gasteiger partial charge in [-0.05, 0) is 44.9 Å². The van der Waals surface area contributed by atoms with Crippen LogP contribution in [0.5, 0.6) is 0 Å². The topological polar surface area (TPSA) is 52.3 Å². The number of ether oxygens (including phenoxy) is 1. The van der Waals surface area contributed by atoms with Crippen LogP contribution in [0.1, 0.15) is 31.4 Å². The van der Waals surface area contributed by atoms with Crippen LogP contribution in [0, 0.1) is 6.92 Å². The zero-order valence-corrected chi connectivity index (χ0v) is 10.8. The van der Waals surface area contributed by atoms with E-state index < -0.39 is 5.41 Å². The van der Waals surface area contributed by atoms with Gasteiger partial charge in [-0.1, -0.05) is 24.3 Å². The molecule has 1 unspecified atom stereocenters. The lowest BCUT2D eigenvalue weighted by atomic mass is 9.77. The summed E-state index contributed by atoms with van der Waals surface area (Å²) in [6.07, 6.45) is 0.594. The van der Waals surface area contributed by atoms with E-state index in [9.17, 15) is 4.79 Å². The van der Waals surface area contributed by atoms with Crippen LogP contribution < -0.4 is 5.73 Å². The lowest BCUT2D eigenvalue weighted by Gasteiger charge is -2.28. The number of rotatable bonds is 5. The van der Waals surface area contributed by atoms with Crippen LogP contribution in [0.2, 0.25) is 0 Å². The number of esters is 1. The number of benzene rings is 1. The quantitative estimate of drug-likeness (QED) is 0.796. The molecule has 0 spiro atoms. The molecule has 0 amide bonds. The summed E-state index contributed by atoms with van der Waals surface area (Å²) in [4.78, 5) is 12.1. The van der Waals surface area contributed by atoms with Crippen molar-refractivity contribution in [2.45, 2.75) is 32.6 Å². The molecule has 1 atom stereocenters. The van der Waals surface area contributed by atoms with Gasteiger partial charge in [0.2, 0.25) is 0 Å². The van der Waals surface area contributed by atoms with Gasteiger partial charge in [-0.15, -0.1) is 0 Å². The minimum Gasteiger partial charge on any atom is -0.465 e. The van der Waals surface area contributed by atoms with E-state index in [2.05, 4.69) is 0 Å². The minimum atomic E-state index is -0.643. The standard InChI is InChI=1S/C14H21NO2/c1-4-17-13(16)14(3,9-10-15)12-8-6-5-7-11(12)2/h5-8H,4,9-10,15H2,1-3H3. The van der Waals surface area contributed by atoms with Crippen LogP contribution in [0.15, 0.2) is 24.3 Å². The Bertz CT molecular complexity index is 390. The molecule has 0 aliphatic rings. The second-order valence-electron chi connectivity index (χ2n) is 4.41. The highest BCUT2D eigenvalue weighted by atomic mass is 16.5. The van der Waals surface area contributed by atoms with Gasteiger partial charge in [-0.2, -0.15) is 0 Å². The van der Waals surface area contributed by atoms with Crippen molar-refractivity contribution >= 4 is 5.97 Å². The highest BCUT2D eigenvalue weighted by Crippen LogP contribution is 2.31. The maximum Gasteiger partial charge on any atom is 0.316 e. The summed E-state index contributed by atoms with van der Waals surface area (Å²) in [6.45, 7) is 6.58. The molecule has 0 radical (unpaired) electrons. The van der Waals surface area contributed by atoms with Crippen LogP contribution in [-0.2, 0) is 14.9 Å². The fourth-order valence-electron chi connectivity index (χ4n) is 2.12. The largest absolute Gasteiger partial charge is 0.465 e. The first-order valence-electron chi connectivity index (χ1n) is 5.99. The van der Waals surface area contributed by atoms with E-state index in [0.717, 1.165) is 11.1 Å². The Labute approximate surface area is 103 Å². The molecule has 2 N–H and O–H groups in total. The minimum absolute atomic E-state index is 0.195. The van der Waals surface area contributed by atoms with Gasteiger partial charge in [0.25, 0.3) is 0 Å². The average molecular weight is 235 g/mol. The number of carbonyl (C=O) groups is 1. The highest BCUT2D eigenvalue weighted by Gasteiger charge is 2.36. The third-order valence-electron chi connectivity index (χ3n) is 3.11. The van der Waals surface area contributed by atoms with Gasteiger partial charge in [-0.3, -0.25) is 4.79 Å². The van der Waals surface area contributed by atoms with Gasteiger partial charge in [0, 0.05) is 0 Å². The van der Waals surface area contributed by atoms with Crippen molar-refractivity contribution in [3.63, 3.8) is 0 Å². The first-order chi connectivity index (χ1) is 8.06. The lowest BCUT2D eigenvalue weighted by Crippen LogP contribution is -2.37. The summed E-state index contributed by atoms with van der Waals surface area (Å²) in [6, 6.07) is 7.88. The SMILES string of the molecule is CCOC(=O)C(C)(CCN)c1ccccc1C. The second-order valence-corrected chi connectivity index (χ2v) is 4.41. The molecule has 0 aliphatic heterocycles. The van der Waals surface area contributed by atoms with Crippen molar-refractivity contribution in [1.29, 1.82) is 0 Å². The molecule has 94 valence electrons. The van der Waals surface area contributed by atoms with Crippen LogP contribution in [-0.4, -0.2) is 19.1 Å². The smallest absolute Gasteiger partial charge is 0.316 e. The monoisotopic (exact) mass is 235 g/mol. The predicted octanol–water partition coefficient (Wildman–Crippen LogP) is 2.16. The Balaban J connectivity index is 3.15. The summed E-state index contributed by atoms with van der Waals surface area (Å²) in [5, 5.41) is 0. The van der Waals surface area contributed by atoms with Gasteiger partial charge < -0.3 is 10.5 Å². The number of nitrogens with two attached hydrogens (primary N) is 1. The summed E-state index contributed by atoms with van der Waals surface area (Å²) in [5.74, 6) is -0.195. The molecule has 17 heavy (non-hydrogen) atoms. The predicted molar refractivity (Wildman–Crippen MR) is 68.8 cm³/mol. The molecule has 1 rings (SSSR count). The Hall–Kier alpha value is -1.35. The summed E-state index contributed by atoms with van der Waals surface area (Å²) >= 11 is 0. The molecule has 3 heteroatoms. The van der Waals surface area contributed by atoms with Crippen LogP contribution in [0.25, 0.3) is 0 Å². The van der Waals surface area contributed by atoms with Gasteiger partial charge in [0.05, 0.1) is 12.0 Å². The summed E-state index contributed by atoms with van der Waals surface area (Å²) < 4.78 is 5.17. The Kier molecular flexibility index (Phi) is 4.70. The normalized spacial score (nSPS) is 14.1. The van der Waals surface area contributed by atoms with Gasteiger partial charge in [0.1, 0.15) is 0 Å². The third-order valence-corrected chi connectivity index (χ3v) is 3.11. The molecule has 1 aromatic carbocycles. The number of hydrogen-bond donors (Lipinski definition) is 1. The van der Waals surface area contributed by atoms with E-state index in [1.807, 2.05) is 45.0 Å². The molecular weight excluding hydrogens is 214 g/mol. The number of aryl methyl sites for hydroxylation is 1. The van der Waals surface area contributed by atoms with Crippen LogP contribution in [0.4, 0.5) is 0 Å². The number of hydrogen-bond acceptors (Lipinski definition) is 3. The molecule has 0 bridgehead atoms. The third kappa shape index (κ3) is 2.86. The number of carbonyl (C=O) groups excluding carboxylic acids is 1. The van der Waals surface area contributed by atoms with E-state index in [1.165, 1.54) is 0 Å². The second kappa shape index (κ2) is 5.82. The van der Waals surface area contributed by atoms with Crippen LogP contribution in [0.3, 0.4) is 0 Å². The highest BCUT2D eigenvalue weighted by molar-refractivity contribution is 5.83. The van der Waals surface area contributed by atoms with Crippen molar-refractivity contribution in [3.05, 3.63) is 35.4 Å². The first kappa shape index (κ1) is 13.7.